The first kappa shape index (κ1) is 17.7. The number of fused-ring (bicyclic) bond motifs is 1. The van der Waals surface area contributed by atoms with Crippen LogP contribution in [0.4, 0.5) is 13.2 Å². The van der Waals surface area contributed by atoms with E-state index in [1.54, 1.807) is 10.8 Å². The molecule has 0 bridgehead atoms. The predicted molar refractivity (Wildman–Crippen MR) is 87.9 cm³/mol. The Morgan fingerprint density at radius 1 is 1.24 bits per heavy atom. The molecule has 0 amide bonds. The number of imidazole rings is 1. The first-order valence-electron chi connectivity index (χ1n) is 7.73. The second-order valence-corrected chi connectivity index (χ2v) is 7.07. The van der Waals surface area contributed by atoms with Gasteiger partial charge in [-0.05, 0) is 30.2 Å². The molecule has 0 N–H and O–H groups in total. The molecule has 5 nitrogen and oxygen atoms in total. The smallest absolute Gasteiger partial charge is 0.348 e. The van der Waals surface area contributed by atoms with E-state index in [-0.39, 0.29) is 22.9 Å². The number of hydrogen-bond acceptors (Lipinski definition) is 3. The molecule has 1 unspecified atom stereocenters. The number of halogens is 3. The van der Waals surface area contributed by atoms with Crippen molar-refractivity contribution in [1.29, 1.82) is 0 Å². The monoisotopic (exact) mass is 370 g/mol. The molecule has 0 radical (unpaired) electrons. The maximum absolute atomic E-state index is 13.4. The van der Waals surface area contributed by atoms with E-state index in [4.69, 9.17) is 0 Å². The van der Waals surface area contributed by atoms with Gasteiger partial charge in [-0.25, -0.2) is 9.50 Å². The minimum absolute atomic E-state index is 0.0213. The van der Waals surface area contributed by atoms with Crippen LogP contribution in [0.3, 0.4) is 0 Å². The Hall–Kier alpha value is -2.16. The zero-order chi connectivity index (χ0) is 18.2. The highest BCUT2D eigenvalue weighted by atomic mass is 32.2. The van der Waals surface area contributed by atoms with E-state index in [0.717, 1.165) is 22.9 Å². The molecule has 0 aliphatic rings. The summed E-state index contributed by atoms with van der Waals surface area (Å²) in [5.41, 5.74) is 0.101. The molecular formula is C16H17F3N4OS. The fourth-order valence-electron chi connectivity index (χ4n) is 2.68. The van der Waals surface area contributed by atoms with Crippen molar-refractivity contribution in [3.63, 3.8) is 0 Å². The first-order chi connectivity index (χ1) is 11.8. The number of aromatic nitrogens is 4. The lowest BCUT2D eigenvalue weighted by atomic mass is 10.2. The fourth-order valence-corrected chi connectivity index (χ4v) is 3.14. The minimum Gasteiger partial charge on any atom is -0.348 e. The minimum atomic E-state index is -4.59. The summed E-state index contributed by atoms with van der Waals surface area (Å²) in [5.74, 6) is 0. The second kappa shape index (κ2) is 6.62. The normalized spacial score (nSPS) is 13.5. The van der Waals surface area contributed by atoms with Gasteiger partial charge in [0.15, 0.2) is 11.3 Å². The molecule has 0 saturated carbocycles. The molecule has 9 heteroatoms. The lowest BCUT2D eigenvalue weighted by Gasteiger charge is -2.08. The summed E-state index contributed by atoms with van der Waals surface area (Å²) in [4.78, 5) is 3.69. The van der Waals surface area contributed by atoms with Crippen LogP contribution in [-0.4, -0.2) is 29.6 Å². The van der Waals surface area contributed by atoms with Crippen molar-refractivity contribution in [2.45, 2.75) is 37.5 Å². The van der Waals surface area contributed by atoms with E-state index in [2.05, 4.69) is 10.1 Å². The summed E-state index contributed by atoms with van der Waals surface area (Å²) in [5, 5.41) is 4.30. The zero-order valence-electron chi connectivity index (χ0n) is 13.7. The lowest BCUT2D eigenvalue weighted by Crippen LogP contribution is -2.13. The molecule has 134 valence electrons. The van der Waals surface area contributed by atoms with Gasteiger partial charge in [0.25, 0.3) is 0 Å². The molecule has 25 heavy (non-hydrogen) atoms. The Morgan fingerprint density at radius 2 is 2.00 bits per heavy atom. The van der Waals surface area contributed by atoms with E-state index < -0.39 is 22.7 Å². The van der Waals surface area contributed by atoms with Crippen molar-refractivity contribution < 1.29 is 17.4 Å². The van der Waals surface area contributed by atoms with E-state index >= 15 is 0 Å². The van der Waals surface area contributed by atoms with E-state index in [0.29, 0.717) is 0 Å². The average Bonchev–Trinajstić information content (AvgIpc) is 3.12. The molecule has 0 fully saturated rings. The van der Waals surface area contributed by atoms with Crippen LogP contribution in [0.5, 0.6) is 0 Å². The Kier molecular flexibility index (Phi) is 4.68. The van der Waals surface area contributed by atoms with Gasteiger partial charge in [-0.3, -0.25) is 4.21 Å². The average molecular weight is 370 g/mol. The van der Waals surface area contributed by atoms with Crippen LogP contribution >= 0.6 is 0 Å². The van der Waals surface area contributed by atoms with Crippen molar-refractivity contribution in [3.05, 3.63) is 47.5 Å². The van der Waals surface area contributed by atoms with Crippen molar-refractivity contribution in [2.75, 3.05) is 6.26 Å². The zero-order valence-corrected chi connectivity index (χ0v) is 14.6. The van der Waals surface area contributed by atoms with Gasteiger partial charge in [-0.1, -0.05) is 13.3 Å². The summed E-state index contributed by atoms with van der Waals surface area (Å²) >= 11 is 0. The Morgan fingerprint density at radius 3 is 2.64 bits per heavy atom. The SMILES string of the molecule is CCCc1ccn(Cc2c(C(F)(F)F)nc3ccc(S(C)=O)nn23)c1. The molecule has 3 aromatic rings. The molecule has 0 aromatic carbocycles. The van der Waals surface area contributed by atoms with Crippen LogP contribution in [0.25, 0.3) is 5.65 Å². The van der Waals surface area contributed by atoms with Crippen LogP contribution in [0.15, 0.2) is 35.6 Å². The van der Waals surface area contributed by atoms with Crippen LogP contribution in [0, 0.1) is 0 Å². The van der Waals surface area contributed by atoms with Crippen LogP contribution in [0.2, 0.25) is 0 Å². The maximum atomic E-state index is 13.4. The molecular weight excluding hydrogens is 353 g/mol. The number of rotatable bonds is 5. The van der Waals surface area contributed by atoms with Crippen molar-refractivity contribution >= 4 is 16.4 Å². The Balaban J connectivity index is 2.11. The molecule has 0 saturated heterocycles. The van der Waals surface area contributed by atoms with Gasteiger partial charge in [0.05, 0.1) is 23.0 Å². The third-order valence-electron chi connectivity index (χ3n) is 3.79. The number of alkyl halides is 3. The summed E-state index contributed by atoms with van der Waals surface area (Å²) in [7, 11) is -1.40. The summed E-state index contributed by atoms with van der Waals surface area (Å²) in [6, 6.07) is 4.72. The Bertz CT molecular complexity index is 929. The van der Waals surface area contributed by atoms with Gasteiger partial charge in [-0.2, -0.15) is 18.3 Å². The molecule has 0 aliphatic heterocycles. The summed E-state index contributed by atoms with van der Waals surface area (Å²) < 4.78 is 54.6. The van der Waals surface area contributed by atoms with Crippen molar-refractivity contribution in [1.82, 2.24) is 19.2 Å². The van der Waals surface area contributed by atoms with Crippen molar-refractivity contribution in [2.24, 2.45) is 0 Å². The third-order valence-corrected chi connectivity index (χ3v) is 4.60. The molecule has 1 atom stereocenters. The molecule has 0 spiro atoms. The molecule has 3 aromatic heterocycles. The van der Waals surface area contributed by atoms with Crippen LogP contribution < -0.4 is 0 Å². The van der Waals surface area contributed by atoms with Gasteiger partial charge in [0.1, 0.15) is 5.03 Å². The van der Waals surface area contributed by atoms with Crippen LogP contribution in [-0.2, 0) is 29.9 Å². The molecule has 3 rings (SSSR count). The molecule has 0 aliphatic carbocycles. The highest BCUT2D eigenvalue weighted by molar-refractivity contribution is 7.84. The third kappa shape index (κ3) is 3.60. The number of aryl methyl sites for hydroxylation is 1. The summed E-state index contributed by atoms with van der Waals surface area (Å²) in [6.07, 6.45) is 2.23. The first-order valence-corrected chi connectivity index (χ1v) is 9.29. The quantitative estimate of drug-likeness (QED) is 0.693. The van der Waals surface area contributed by atoms with Gasteiger partial charge in [0, 0.05) is 18.6 Å². The largest absolute Gasteiger partial charge is 0.435 e. The number of nitrogens with zero attached hydrogens (tertiary/aromatic N) is 4. The lowest BCUT2D eigenvalue weighted by molar-refractivity contribution is -0.141. The predicted octanol–water partition coefficient (Wildman–Crippen LogP) is 3.29. The highest BCUT2D eigenvalue weighted by Crippen LogP contribution is 2.32. The molecule has 3 heterocycles. The highest BCUT2D eigenvalue weighted by Gasteiger charge is 2.38. The van der Waals surface area contributed by atoms with Crippen LogP contribution in [0.1, 0.15) is 30.3 Å². The summed E-state index contributed by atoms with van der Waals surface area (Å²) in [6.45, 7) is 2.02. The van der Waals surface area contributed by atoms with E-state index in [1.165, 1.54) is 18.4 Å². The van der Waals surface area contributed by atoms with Gasteiger partial charge >= 0.3 is 6.18 Å². The fraction of sp³-hybridized carbons (Fsp3) is 0.375. The van der Waals surface area contributed by atoms with E-state index in [9.17, 15) is 17.4 Å². The topological polar surface area (TPSA) is 52.2 Å². The standard InChI is InChI=1S/C16H17F3N4OS/c1-3-4-11-7-8-22(9-11)10-12-15(16(17,18)19)20-13-5-6-14(25(2)24)21-23(12)13/h5-9H,3-4,10H2,1-2H3. The van der Waals surface area contributed by atoms with Crippen molar-refractivity contribution in [3.8, 4) is 0 Å². The van der Waals surface area contributed by atoms with Gasteiger partial charge < -0.3 is 4.57 Å². The van der Waals surface area contributed by atoms with Gasteiger partial charge in [-0.15, -0.1) is 0 Å². The number of hydrogen-bond donors (Lipinski definition) is 0. The Labute approximate surface area is 144 Å². The second-order valence-electron chi connectivity index (χ2n) is 5.74. The maximum Gasteiger partial charge on any atom is 0.435 e. The van der Waals surface area contributed by atoms with Gasteiger partial charge in [0.2, 0.25) is 0 Å². The van der Waals surface area contributed by atoms with E-state index in [1.807, 2.05) is 19.2 Å².